The maximum atomic E-state index is 5.69. The predicted octanol–water partition coefficient (Wildman–Crippen LogP) is 4.47. The lowest BCUT2D eigenvalue weighted by molar-refractivity contribution is 0.306. The van der Waals surface area contributed by atoms with Crippen molar-refractivity contribution in [2.45, 2.75) is 26.2 Å². The van der Waals surface area contributed by atoms with Gasteiger partial charge in [-0.1, -0.05) is 19.8 Å². The second kappa shape index (κ2) is 5.17. The van der Waals surface area contributed by atoms with Crippen LogP contribution in [0.1, 0.15) is 26.2 Å². The summed E-state index contributed by atoms with van der Waals surface area (Å²) in [6.45, 7) is 3.04. The van der Waals surface area contributed by atoms with E-state index in [4.69, 9.17) is 4.74 Å². The Kier molecular flexibility index (Phi) is 3.62. The fraction of sp³-hybridized carbons (Fsp3) is 0.385. The van der Waals surface area contributed by atoms with Crippen LogP contribution in [-0.2, 0) is 0 Å². The summed E-state index contributed by atoms with van der Waals surface area (Å²) in [5.41, 5.74) is 0. The molecule has 0 atom stereocenters. The van der Waals surface area contributed by atoms with Gasteiger partial charge in [-0.25, -0.2) is 0 Å². The standard InChI is InChI=1S/C13H16OS/c1-2-3-4-8-14-12-6-5-11-7-9-15-13(11)10-12/h5-7,9-10H,2-4,8H2,1H3. The second-order valence-electron chi connectivity index (χ2n) is 3.68. The fourth-order valence-electron chi connectivity index (χ4n) is 1.57. The van der Waals surface area contributed by atoms with E-state index >= 15 is 0 Å². The summed E-state index contributed by atoms with van der Waals surface area (Å²) in [5.74, 6) is 1.00. The molecule has 0 spiro atoms. The molecule has 0 aliphatic carbocycles. The van der Waals surface area contributed by atoms with Crippen LogP contribution in [0.2, 0.25) is 0 Å². The molecule has 0 radical (unpaired) electrons. The average molecular weight is 220 g/mol. The first-order chi connectivity index (χ1) is 7.40. The van der Waals surface area contributed by atoms with Crippen LogP contribution < -0.4 is 4.74 Å². The zero-order valence-electron chi connectivity index (χ0n) is 9.03. The minimum atomic E-state index is 0.838. The molecular weight excluding hydrogens is 204 g/mol. The van der Waals surface area contributed by atoms with Crippen molar-refractivity contribution in [3.05, 3.63) is 29.6 Å². The van der Waals surface area contributed by atoms with Gasteiger partial charge in [0, 0.05) is 4.70 Å². The van der Waals surface area contributed by atoms with Gasteiger partial charge in [0.2, 0.25) is 0 Å². The maximum Gasteiger partial charge on any atom is 0.120 e. The lowest BCUT2D eigenvalue weighted by Crippen LogP contribution is -1.96. The molecular formula is C13H16OS. The molecule has 1 heterocycles. The van der Waals surface area contributed by atoms with Crippen LogP contribution in [0.25, 0.3) is 10.1 Å². The van der Waals surface area contributed by atoms with Crippen molar-refractivity contribution in [1.82, 2.24) is 0 Å². The minimum absolute atomic E-state index is 0.838. The zero-order chi connectivity index (χ0) is 10.5. The highest BCUT2D eigenvalue weighted by molar-refractivity contribution is 7.17. The van der Waals surface area contributed by atoms with Crippen LogP contribution in [0.3, 0.4) is 0 Å². The Morgan fingerprint density at radius 1 is 1.20 bits per heavy atom. The number of unbranched alkanes of at least 4 members (excludes halogenated alkanes) is 2. The molecule has 0 N–H and O–H groups in total. The molecule has 2 rings (SSSR count). The number of ether oxygens (including phenoxy) is 1. The summed E-state index contributed by atoms with van der Waals surface area (Å²) in [6.07, 6.45) is 3.65. The van der Waals surface area contributed by atoms with Crippen LogP contribution in [-0.4, -0.2) is 6.61 Å². The van der Waals surface area contributed by atoms with Gasteiger partial charge in [-0.05, 0) is 41.5 Å². The molecule has 80 valence electrons. The van der Waals surface area contributed by atoms with Crippen LogP contribution in [0.15, 0.2) is 29.6 Å². The first-order valence-corrected chi connectivity index (χ1v) is 6.38. The van der Waals surface area contributed by atoms with Gasteiger partial charge in [-0.15, -0.1) is 11.3 Å². The van der Waals surface area contributed by atoms with Crippen molar-refractivity contribution in [1.29, 1.82) is 0 Å². The molecule has 2 aromatic rings. The normalized spacial score (nSPS) is 10.7. The molecule has 0 saturated heterocycles. The first-order valence-electron chi connectivity index (χ1n) is 5.50. The third-order valence-corrected chi connectivity index (χ3v) is 3.32. The molecule has 0 amide bonds. The fourth-order valence-corrected chi connectivity index (χ4v) is 2.38. The zero-order valence-corrected chi connectivity index (χ0v) is 9.85. The van der Waals surface area contributed by atoms with Gasteiger partial charge in [-0.2, -0.15) is 0 Å². The Bertz CT molecular complexity index is 419. The molecule has 1 nitrogen and oxygen atoms in total. The van der Waals surface area contributed by atoms with Gasteiger partial charge in [-0.3, -0.25) is 0 Å². The molecule has 0 aliphatic heterocycles. The van der Waals surface area contributed by atoms with Crippen LogP contribution >= 0.6 is 11.3 Å². The summed E-state index contributed by atoms with van der Waals surface area (Å²) in [7, 11) is 0. The second-order valence-corrected chi connectivity index (χ2v) is 4.62. The summed E-state index contributed by atoms with van der Waals surface area (Å²) in [4.78, 5) is 0. The van der Waals surface area contributed by atoms with Crippen LogP contribution in [0.5, 0.6) is 5.75 Å². The third kappa shape index (κ3) is 2.72. The lowest BCUT2D eigenvalue weighted by Gasteiger charge is -2.05. The van der Waals surface area contributed by atoms with Gasteiger partial charge >= 0.3 is 0 Å². The summed E-state index contributed by atoms with van der Waals surface area (Å²) >= 11 is 1.77. The smallest absolute Gasteiger partial charge is 0.120 e. The molecule has 1 aromatic carbocycles. The Hall–Kier alpha value is -1.02. The number of rotatable bonds is 5. The van der Waals surface area contributed by atoms with Gasteiger partial charge in [0.25, 0.3) is 0 Å². The minimum Gasteiger partial charge on any atom is -0.494 e. The Labute approximate surface area is 94.7 Å². The molecule has 1 aromatic heterocycles. The number of hydrogen-bond acceptors (Lipinski definition) is 2. The number of hydrogen-bond donors (Lipinski definition) is 0. The van der Waals surface area contributed by atoms with E-state index in [-0.39, 0.29) is 0 Å². The Morgan fingerprint density at radius 2 is 2.13 bits per heavy atom. The highest BCUT2D eigenvalue weighted by atomic mass is 32.1. The maximum absolute atomic E-state index is 5.69. The van der Waals surface area contributed by atoms with Gasteiger partial charge in [0.15, 0.2) is 0 Å². The van der Waals surface area contributed by atoms with E-state index in [9.17, 15) is 0 Å². The third-order valence-electron chi connectivity index (χ3n) is 2.44. The van der Waals surface area contributed by atoms with Crippen LogP contribution in [0, 0.1) is 0 Å². The molecule has 0 unspecified atom stereocenters. The number of fused-ring (bicyclic) bond motifs is 1. The van der Waals surface area contributed by atoms with E-state index < -0.39 is 0 Å². The van der Waals surface area contributed by atoms with Crippen molar-refractivity contribution in [2.24, 2.45) is 0 Å². The molecule has 0 saturated carbocycles. The van der Waals surface area contributed by atoms with E-state index in [0.717, 1.165) is 18.8 Å². The summed E-state index contributed by atoms with van der Waals surface area (Å²) < 4.78 is 7.00. The van der Waals surface area contributed by atoms with Crippen molar-refractivity contribution in [2.75, 3.05) is 6.61 Å². The van der Waals surface area contributed by atoms with Crippen molar-refractivity contribution >= 4 is 21.4 Å². The number of thiophene rings is 1. The van der Waals surface area contributed by atoms with E-state index in [2.05, 4.69) is 36.6 Å². The van der Waals surface area contributed by atoms with Gasteiger partial charge < -0.3 is 4.74 Å². The van der Waals surface area contributed by atoms with Crippen molar-refractivity contribution in [3.63, 3.8) is 0 Å². The summed E-state index contributed by atoms with van der Waals surface area (Å²) in [6, 6.07) is 8.45. The van der Waals surface area contributed by atoms with Gasteiger partial charge in [0.05, 0.1) is 6.61 Å². The van der Waals surface area contributed by atoms with E-state index in [0.29, 0.717) is 0 Å². The van der Waals surface area contributed by atoms with E-state index in [1.165, 1.54) is 22.9 Å². The Morgan fingerprint density at radius 3 is 3.00 bits per heavy atom. The number of benzene rings is 1. The molecule has 0 fully saturated rings. The monoisotopic (exact) mass is 220 g/mol. The van der Waals surface area contributed by atoms with E-state index in [1.54, 1.807) is 11.3 Å². The molecule has 0 aliphatic rings. The first kappa shape index (κ1) is 10.5. The quantitative estimate of drug-likeness (QED) is 0.675. The highest BCUT2D eigenvalue weighted by Crippen LogP contribution is 2.25. The van der Waals surface area contributed by atoms with Crippen LogP contribution in [0.4, 0.5) is 0 Å². The Balaban J connectivity index is 1.96. The molecule has 2 heteroatoms. The van der Waals surface area contributed by atoms with Gasteiger partial charge in [0.1, 0.15) is 5.75 Å². The summed E-state index contributed by atoms with van der Waals surface area (Å²) in [5, 5.41) is 3.42. The van der Waals surface area contributed by atoms with Crippen molar-refractivity contribution in [3.8, 4) is 5.75 Å². The van der Waals surface area contributed by atoms with E-state index in [1.807, 2.05) is 0 Å². The molecule has 0 bridgehead atoms. The largest absolute Gasteiger partial charge is 0.494 e. The highest BCUT2D eigenvalue weighted by Gasteiger charge is 1.98. The topological polar surface area (TPSA) is 9.23 Å². The molecule has 15 heavy (non-hydrogen) atoms. The lowest BCUT2D eigenvalue weighted by atomic mass is 10.2. The average Bonchev–Trinajstić information content (AvgIpc) is 2.71. The van der Waals surface area contributed by atoms with Crippen molar-refractivity contribution < 1.29 is 4.74 Å². The predicted molar refractivity (Wildman–Crippen MR) is 66.8 cm³/mol. The SMILES string of the molecule is CCCCCOc1ccc2ccsc2c1.